The number of hydrogen-bond donors (Lipinski definition) is 1. The maximum atomic E-state index is 12.1. The lowest BCUT2D eigenvalue weighted by Gasteiger charge is -2.07. The number of carbonyl (C=O) groups excluding carboxylic acids is 1. The zero-order chi connectivity index (χ0) is 15.4. The Morgan fingerprint density at radius 2 is 1.95 bits per heavy atom. The molecule has 0 spiro atoms. The van der Waals surface area contributed by atoms with Crippen LogP contribution in [0, 0.1) is 6.92 Å². The molecule has 0 aliphatic rings. The Morgan fingerprint density at radius 3 is 2.82 bits per heavy atom. The zero-order valence-corrected chi connectivity index (χ0v) is 12.5. The van der Waals surface area contributed by atoms with E-state index in [2.05, 4.69) is 15.5 Å². The Balaban J connectivity index is 1.54. The molecule has 0 saturated heterocycles. The fourth-order valence-electron chi connectivity index (χ4n) is 2.43. The van der Waals surface area contributed by atoms with Crippen LogP contribution in [0.2, 0.25) is 0 Å². The molecule has 3 aromatic rings. The van der Waals surface area contributed by atoms with Gasteiger partial charge in [-0.05, 0) is 37.1 Å². The summed E-state index contributed by atoms with van der Waals surface area (Å²) in [6.45, 7) is 2.56. The summed E-state index contributed by atoms with van der Waals surface area (Å²) in [5, 5.41) is 11.3. The number of fused-ring (bicyclic) bond motifs is 1. The molecule has 1 N–H and O–H groups in total. The van der Waals surface area contributed by atoms with E-state index in [-0.39, 0.29) is 5.91 Å². The second-order valence-corrected chi connectivity index (χ2v) is 5.22. The zero-order valence-electron chi connectivity index (χ0n) is 12.5. The molecule has 112 valence electrons. The molecule has 22 heavy (non-hydrogen) atoms. The second kappa shape index (κ2) is 6.39. The van der Waals surface area contributed by atoms with Crippen LogP contribution in [0.1, 0.15) is 28.2 Å². The molecule has 0 aliphatic carbocycles. The van der Waals surface area contributed by atoms with Gasteiger partial charge in [0.15, 0.2) is 5.65 Å². The number of carbonyl (C=O) groups is 1. The minimum Gasteiger partial charge on any atom is -0.352 e. The van der Waals surface area contributed by atoms with Gasteiger partial charge in [-0.2, -0.15) is 0 Å². The molecule has 0 bridgehead atoms. The van der Waals surface area contributed by atoms with Crippen LogP contribution in [0.5, 0.6) is 0 Å². The third-order valence-corrected chi connectivity index (χ3v) is 3.64. The fourth-order valence-corrected chi connectivity index (χ4v) is 2.43. The van der Waals surface area contributed by atoms with E-state index in [4.69, 9.17) is 0 Å². The van der Waals surface area contributed by atoms with E-state index in [1.807, 2.05) is 60.0 Å². The number of hydrogen-bond acceptors (Lipinski definition) is 3. The molecule has 0 unspecified atom stereocenters. The van der Waals surface area contributed by atoms with Crippen molar-refractivity contribution in [1.29, 1.82) is 0 Å². The molecule has 0 atom stereocenters. The Labute approximate surface area is 129 Å². The Kier molecular flexibility index (Phi) is 4.14. The quantitative estimate of drug-likeness (QED) is 0.735. The Hall–Kier alpha value is -2.69. The average Bonchev–Trinajstić information content (AvgIpc) is 2.95. The third-order valence-electron chi connectivity index (χ3n) is 3.64. The number of aryl methyl sites for hydroxylation is 2. The normalized spacial score (nSPS) is 10.8. The minimum atomic E-state index is -0.0239. The van der Waals surface area contributed by atoms with Gasteiger partial charge in [-0.15, -0.1) is 10.2 Å². The first-order valence-corrected chi connectivity index (χ1v) is 7.38. The predicted molar refractivity (Wildman–Crippen MR) is 84.8 cm³/mol. The van der Waals surface area contributed by atoms with Crippen LogP contribution in [0.4, 0.5) is 0 Å². The topological polar surface area (TPSA) is 59.3 Å². The van der Waals surface area contributed by atoms with E-state index in [0.717, 1.165) is 35.4 Å². The van der Waals surface area contributed by atoms with Crippen molar-refractivity contribution in [2.75, 3.05) is 6.54 Å². The number of aromatic nitrogens is 3. The molecule has 3 rings (SSSR count). The highest BCUT2D eigenvalue weighted by Crippen LogP contribution is 2.07. The van der Waals surface area contributed by atoms with E-state index in [9.17, 15) is 4.79 Å². The second-order valence-electron chi connectivity index (χ2n) is 5.22. The summed E-state index contributed by atoms with van der Waals surface area (Å²) >= 11 is 0. The van der Waals surface area contributed by atoms with Gasteiger partial charge in [0.1, 0.15) is 5.82 Å². The van der Waals surface area contributed by atoms with Crippen LogP contribution in [-0.2, 0) is 6.42 Å². The molecule has 0 aliphatic heterocycles. The molecular formula is C17H18N4O. The first-order valence-electron chi connectivity index (χ1n) is 7.38. The highest BCUT2D eigenvalue weighted by Gasteiger charge is 2.08. The maximum absolute atomic E-state index is 12.1. The third kappa shape index (κ3) is 2.98. The van der Waals surface area contributed by atoms with Crippen molar-refractivity contribution >= 4 is 11.6 Å². The lowest BCUT2D eigenvalue weighted by Crippen LogP contribution is -2.25. The fraction of sp³-hybridized carbons (Fsp3) is 0.235. The number of amides is 1. The van der Waals surface area contributed by atoms with Gasteiger partial charge >= 0.3 is 0 Å². The maximum Gasteiger partial charge on any atom is 0.251 e. The average molecular weight is 294 g/mol. The molecule has 5 heteroatoms. The van der Waals surface area contributed by atoms with Crippen molar-refractivity contribution in [1.82, 2.24) is 19.9 Å². The number of benzene rings is 1. The SMILES string of the molecule is Cc1ccccc1C(=O)NCCCc1nnc2ccccn12. The van der Waals surface area contributed by atoms with Crippen molar-refractivity contribution in [2.45, 2.75) is 19.8 Å². The van der Waals surface area contributed by atoms with Gasteiger partial charge in [0, 0.05) is 24.7 Å². The smallest absolute Gasteiger partial charge is 0.251 e. The molecule has 2 heterocycles. The summed E-state index contributed by atoms with van der Waals surface area (Å²) in [5.41, 5.74) is 2.57. The summed E-state index contributed by atoms with van der Waals surface area (Å²) in [6.07, 6.45) is 3.56. The van der Waals surface area contributed by atoms with Gasteiger partial charge in [0.2, 0.25) is 0 Å². The first kappa shape index (κ1) is 14.3. The molecule has 5 nitrogen and oxygen atoms in total. The van der Waals surface area contributed by atoms with Crippen molar-refractivity contribution in [3.8, 4) is 0 Å². The van der Waals surface area contributed by atoms with E-state index in [1.54, 1.807) is 0 Å². The van der Waals surface area contributed by atoms with Crippen LogP contribution in [-0.4, -0.2) is 27.0 Å². The number of nitrogens with zero attached hydrogens (tertiary/aromatic N) is 3. The standard InChI is InChI=1S/C17H18N4O/c1-13-7-2-3-8-14(13)17(22)18-11-6-10-16-20-19-15-9-4-5-12-21(15)16/h2-5,7-9,12H,6,10-11H2,1H3,(H,18,22). The monoisotopic (exact) mass is 294 g/mol. The van der Waals surface area contributed by atoms with E-state index < -0.39 is 0 Å². The lowest BCUT2D eigenvalue weighted by atomic mass is 10.1. The van der Waals surface area contributed by atoms with Crippen molar-refractivity contribution in [3.63, 3.8) is 0 Å². The van der Waals surface area contributed by atoms with E-state index in [0.29, 0.717) is 6.54 Å². The molecule has 0 radical (unpaired) electrons. The molecule has 1 amide bonds. The predicted octanol–water partition coefficient (Wildman–Crippen LogP) is 2.40. The number of pyridine rings is 1. The summed E-state index contributed by atoms with van der Waals surface area (Å²) in [5.74, 6) is 0.893. The highest BCUT2D eigenvalue weighted by atomic mass is 16.1. The highest BCUT2D eigenvalue weighted by molar-refractivity contribution is 5.95. The first-order chi connectivity index (χ1) is 10.8. The minimum absolute atomic E-state index is 0.0239. The van der Waals surface area contributed by atoms with Crippen LogP contribution in [0.25, 0.3) is 5.65 Å². The van der Waals surface area contributed by atoms with Crippen LogP contribution >= 0.6 is 0 Å². The largest absolute Gasteiger partial charge is 0.352 e. The molecule has 2 aromatic heterocycles. The Morgan fingerprint density at radius 1 is 1.14 bits per heavy atom. The summed E-state index contributed by atoms with van der Waals surface area (Å²) < 4.78 is 1.98. The van der Waals surface area contributed by atoms with Crippen LogP contribution in [0.3, 0.4) is 0 Å². The van der Waals surface area contributed by atoms with Gasteiger partial charge in [-0.3, -0.25) is 9.20 Å². The molecular weight excluding hydrogens is 276 g/mol. The van der Waals surface area contributed by atoms with Gasteiger partial charge < -0.3 is 5.32 Å². The molecule has 0 fully saturated rings. The summed E-state index contributed by atoms with van der Waals surface area (Å²) in [6, 6.07) is 13.4. The number of nitrogens with one attached hydrogen (secondary N) is 1. The van der Waals surface area contributed by atoms with Crippen molar-refractivity contribution in [3.05, 3.63) is 65.6 Å². The van der Waals surface area contributed by atoms with Crippen LogP contribution < -0.4 is 5.32 Å². The van der Waals surface area contributed by atoms with Crippen LogP contribution in [0.15, 0.2) is 48.7 Å². The summed E-state index contributed by atoms with van der Waals surface area (Å²) in [7, 11) is 0. The van der Waals surface area contributed by atoms with Gasteiger partial charge in [0.05, 0.1) is 0 Å². The van der Waals surface area contributed by atoms with Crippen molar-refractivity contribution < 1.29 is 4.79 Å². The van der Waals surface area contributed by atoms with Gasteiger partial charge in [0.25, 0.3) is 5.91 Å². The van der Waals surface area contributed by atoms with Crippen molar-refractivity contribution in [2.24, 2.45) is 0 Å². The van der Waals surface area contributed by atoms with E-state index in [1.165, 1.54) is 0 Å². The van der Waals surface area contributed by atoms with Gasteiger partial charge in [-0.1, -0.05) is 24.3 Å². The van der Waals surface area contributed by atoms with Gasteiger partial charge in [-0.25, -0.2) is 0 Å². The number of rotatable bonds is 5. The lowest BCUT2D eigenvalue weighted by molar-refractivity contribution is 0.0952. The Bertz CT molecular complexity index is 794. The summed E-state index contributed by atoms with van der Waals surface area (Å²) in [4.78, 5) is 12.1. The van der Waals surface area contributed by atoms with E-state index >= 15 is 0 Å². The molecule has 1 aromatic carbocycles. The molecule has 0 saturated carbocycles.